The van der Waals surface area contributed by atoms with Crippen LogP contribution in [0.5, 0.6) is 0 Å². The number of carbonyl (C=O) groups excluding carboxylic acids is 1. The number of furan rings is 1. The number of amides is 1. The molecular weight excluding hydrogens is 268 g/mol. The fourth-order valence-electron chi connectivity index (χ4n) is 2.84. The number of hydrogen-bond donors (Lipinski definition) is 1. The molecule has 112 valence electrons. The van der Waals surface area contributed by atoms with Crippen molar-refractivity contribution in [2.24, 2.45) is 5.92 Å². The number of nitrogens with zero attached hydrogens (tertiary/aromatic N) is 1. The van der Waals surface area contributed by atoms with E-state index in [-0.39, 0.29) is 5.91 Å². The Morgan fingerprint density at radius 2 is 2.14 bits per heavy atom. The smallest absolute Gasteiger partial charge is 0.220 e. The summed E-state index contributed by atoms with van der Waals surface area (Å²) in [6, 6.07) is 5.40. The van der Waals surface area contributed by atoms with E-state index in [2.05, 4.69) is 10.5 Å². The topological polar surface area (TPSA) is 68.3 Å². The zero-order valence-electron chi connectivity index (χ0n) is 12.0. The molecule has 21 heavy (non-hydrogen) atoms. The molecule has 1 amide bonds. The lowest BCUT2D eigenvalue weighted by molar-refractivity contribution is -0.122. The van der Waals surface area contributed by atoms with Gasteiger partial charge in [-0.05, 0) is 30.9 Å². The van der Waals surface area contributed by atoms with Crippen molar-refractivity contribution in [1.29, 1.82) is 0 Å². The predicted octanol–water partition coefficient (Wildman–Crippen LogP) is 3.52. The van der Waals surface area contributed by atoms with Gasteiger partial charge in [0.2, 0.25) is 11.7 Å². The third kappa shape index (κ3) is 3.74. The maximum Gasteiger partial charge on any atom is 0.220 e. The molecule has 1 saturated carbocycles. The Kier molecular flexibility index (Phi) is 4.38. The highest BCUT2D eigenvalue weighted by molar-refractivity contribution is 5.76. The molecule has 0 atom stereocenters. The van der Waals surface area contributed by atoms with Gasteiger partial charge in [-0.2, -0.15) is 0 Å². The summed E-state index contributed by atoms with van der Waals surface area (Å²) >= 11 is 0. The van der Waals surface area contributed by atoms with Gasteiger partial charge in [-0.25, -0.2) is 0 Å². The van der Waals surface area contributed by atoms with Gasteiger partial charge in [-0.15, -0.1) is 0 Å². The van der Waals surface area contributed by atoms with Gasteiger partial charge in [0, 0.05) is 12.5 Å². The molecule has 0 bridgehead atoms. The molecule has 2 aromatic heterocycles. The van der Waals surface area contributed by atoms with Gasteiger partial charge in [-0.1, -0.05) is 24.4 Å². The van der Waals surface area contributed by atoms with E-state index in [1.807, 2.05) is 6.07 Å². The molecule has 1 aliphatic rings. The van der Waals surface area contributed by atoms with Crippen LogP contribution in [0.1, 0.15) is 44.2 Å². The number of rotatable bonds is 5. The number of hydrogen-bond acceptors (Lipinski definition) is 4. The Morgan fingerprint density at radius 1 is 1.29 bits per heavy atom. The van der Waals surface area contributed by atoms with Crippen LogP contribution in [0.2, 0.25) is 0 Å². The molecular formula is C16H20N2O3. The van der Waals surface area contributed by atoms with Gasteiger partial charge >= 0.3 is 0 Å². The third-order valence-corrected chi connectivity index (χ3v) is 3.99. The Balaban J connectivity index is 1.47. The minimum atomic E-state index is 0.101. The van der Waals surface area contributed by atoms with Gasteiger partial charge in [0.05, 0.1) is 12.8 Å². The van der Waals surface area contributed by atoms with Crippen molar-refractivity contribution in [3.05, 3.63) is 30.2 Å². The van der Waals surface area contributed by atoms with Crippen LogP contribution in [0, 0.1) is 5.92 Å². The second-order valence-electron chi connectivity index (χ2n) is 5.64. The van der Waals surface area contributed by atoms with E-state index in [9.17, 15) is 4.79 Å². The van der Waals surface area contributed by atoms with Crippen molar-refractivity contribution in [3.8, 4) is 11.5 Å². The molecule has 2 aromatic rings. The van der Waals surface area contributed by atoms with E-state index in [1.165, 1.54) is 32.1 Å². The summed E-state index contributed by atoms with van der Waals surface area (Å²) in [7, 11) is 0. The van der Waals surface area contributed by atoms with E-state index in [0.717, 1.165) is 0 Å². The Hall–Kier alpha value is -2.04. The van der Waals surface area contributed by atoms with Crippen LogP contribution in [-0.4, -0.2) is 11.1 Å². The molecule has 5 heteroatoms. The summed E-state index contributed by atoms with van der Waals surface area (Å²) in [6.45, 7) is 0.399. The summed E-state index contributed by atoms with van der Waals surface area (Å²) in [6.07, 6.45) is 8.40. The maximum atomic E-state index is 11.9. The number of carbonyl (C=O) groups is 1. The van der Waals surface area contributed by atoms with E-state index in [4.69, 9.17) is 8.94 Å². The van der Waals surface area contributed by atoms with E-state index < -0.39 is 0 Å². The Bertz CT molecular complexity index is 568. The monoisotopic (exact) mass is 288 g/mol. The van der Waals surface area contributed by atoms with Crippen molar-refractivity contribution in [2.45, 2.75) is 45.1 Å². The van der Waals surface area contributed by atoms with Crippen LogP contribution in [0.4, 0.5) is 0 Å². The summed E-state index contributed by atoms with van der Waals surface area (Å²) < 4.78 is 10.4. The molecule has 0 saturated heterocycles. The first-order valence-electron chi connectivity index (χ1n) is 7.57. The summed E-state index contributed by atoms with van der Waals surface area (Å²) in [5, 5.41) is 6.85. The first-order chi connectivity index (χ1) is 10.3. The minimum Gasteiger partial charge on any atom is -0.461 e. The maximum absolute atomic E-state index is 11.9. The molecule has 2 heterocycles. The second-order valence-corrected chi connectivity index (χ2v) is 5.64. The average Bonchev–Trinajstić information content (AvgIpc) is 3.17. The van der Waals surface area contributed by atoms with Gasteiger partial charge in [0.15, 0.2) is 5.76 Å². The van der Waals surface area contributed by atoms with Crippen LogP contribution >= 0.6 is 0 Å². The second kappa shape index (κ2) is 6.61. The highest BCUT2D eigenvalue weighted by atomic mass is 16.5. The molecule has 1 N–H and O–H groups in total. The highest BCUT2D eigenvalue weighted by Gasteiger charge is 2.17. The van der Waals surface area contributed by atoms with Crippen molar-refractivity contribution in [3.63, 3.8) is 0 Å². The number of aromatic nitrogens is 1. The fraction of sp³-hybridized carbons (Fsp3) is 0.500. The van der Waals surface area contributed by atoms with E-state index in [0.29, 0.717) is 36.1 Å². The van der Waals surface area contributed by atoms with Crippen LogP contribution in [0.3, 0.4) is 0 Å². The molecule has 3 rings (SSSR count). The van der Waals surface area contributed by atoms with Crippen LogP contribution in [0.25, 0.3) is 11.5 Å². The highest BCUT2D eigenvalue weighted by Crippen LogP contribution is 2.26. The Labute approximate surface area is 123 Å². The average molecular weight is 288 g/mol. The number of nitrogens with one attached hydrogen (secondary N) is 1. The lowest BCUT2D eigenvalue weighted by Crippen LogP contribution is -2.26. The zero-order valence-corrected chi connectivity index (χ0v) is 12.0. The van der Waals surface area contributed by atoms with Crippen molar-refractivity contribution in [2.75, 3.05) is 0 Å². The standard InChI is InChI=1S/C16H20N2O3/c19-16(9-12-5-2-1-3-6-12)17-11-13-10-15(21-18-13)14-7-4-8-20-14/h4,7-8,10,12H,1-3,5-6,9,11H2,(H,17,19). The summed E-state index contributed by atoms with van der Waals surface area (Å²) in [4.78, 5) is 11.9. The molecule has 0 aliphatic heterocycles. The first kappa shape index (κ1) is 13.9. The largest absolute Gasteiger partial charge is 0.461 e. The first-order valence-corrected chi connectivity index (χ1v) is 7.57. The van der Waals surface area contributed by atoms with Gasteiger partial charge in [0.25, 0.3) is 0 Å². The van der Waals surface area contributed by atoms with Crippen molar-refractivity contribution < 1.29 is 13.7 Å². The lowest BCUT2D eigenvalue weighted by Gasteiger charge is -2.20. The summed E-state index contributed by atoms with van der Waals surface area (Å²) in [5.74, 6) is 1.87. The van der Waals surface area contributed by atoms with Crippen LogP contribution < -0.4 is 5.32 Å². The van der Waals surface area contributed by atoms with Gasteiger partial charge < -0.3 is 14.3 Å². The van der Waals surface area contributed by atoms with Gasteiger partial charge in [-0.3, -0.25) is 4.79 Å². The molecule has 0 radical (unpaired) electrons. The van der Waals surface area contributed by atoms with Crippen LogP contribution in [0.15, 0.2) is 33.4 Å². The van der Waals surface area contributed by atoms with Crippen molar-refractivity contribution >= 4 is 5.91 Å². The minimum absolute atomic E-state index is 0.101. The predicted molar refractivity (Wildman–Crippen MR) is 77.2 cm³/mol. The Morgan fingerprint density at radius 3 is 2.90 bits per heavy atom. The molecule has 0 spiro atoms. The van der Waals surface area contributed by atoms with Gasteiger partial charge in [0.1, 0.15) is 5.69 Å². The molecule has 0 unspecified atom stereocenters. The molecule has 5 nitrogen and oxygen atoms in total. The summed E-state index contributed by atoms with van der Waals surface area (Å²) in [5.41, 5.74) is 0.707. The SMILES string of the molecule is O=C(CC1CCCCC1)NCc1cc(-c2ccco2)on1. The zero-order chi connectivity index (χ0) is 14.5. The fourth-order valence-corrected chi connectivity index (χ4v) is 2.84. The molecule has 1 aliphatic carbocycles. The van der Waals surface area contributed by atoms with Crippen LogP contribution in [-0.2, 0) is 11.3 Å². The van der Waals surface area contributed by atoms with E-state index in [1.54, 1.807) is 18.4 Å². The van der Waals surface area contributed by atoms with Crippen molar-refractivity contribution in [1.82, 2.24) is 10.5 Å². The molecule has 1 fully saturated rings. The third-order valence-electron chi connectivity index (χ3n) is 3.99. The quantitative estimate of drug-likeness (QED) is 0.914. The normalized spacial score (nSPS) is 16.0. The lowest BCUT2D eigenvalue weighted by atomic mass is 9.87. The molecule has 0 aromatic carbocycles. The van der Waals surface area contributed by atoms with E-state index >= 15 is 0 Å².